The van der Waals surface area contributed by atoms with Gasteiger partial charge in [-0.25, -0.2) is 0 Å². The van der Waals surface area contributed by atoms with Gasteiger partial charge in [0.15, 0.2) is 0 Å². The summed E-state index contributed by atoms with van der Waals surface area (Å²) in [5.41, 5.74) is 3.86. The number of anilines is 1. The van der Waals surface area contributed by atoms with Crippen molar-refractivity contribution in [1.29, 1.82) is 0 Å². The Labute approximate surface area is 126 Å². The second-order valence-corrected chi connectivity index (χ2v) is 5.59. The Morgan fingerprint density at radius 3 is 2.60 bits per heavy atom. The van der Waals surface area contributed by atoms with Crippen LogP contribution in [0.15, 0.2) is 28.7 Å². The molecule has 0 spiro atoms. The average molecular weight is 334 g/mol. The van der Waals surface area contributed by atoms with E-state index in [1.54, 1.807) is 6.07 Å². The maximum absolute atomic E-state index is 12.4. The molecular weight excluding hydrogens is 318 g/mol. The number of carbonyl (C=O) groups excluding carboxylic acids is 1. The molecule has 20 heavy (non-hydrogen) atoms. The molecule has 1 aromatic carbocycles. The van der Waals surface area contributed by atoms with Crippen molar-refractivity contribution >= 4 is 27.5 Å². The fourth-order valence-corrected chi connectivity index (χ4v) is 2.59. The fraction of sp³-hybridized carbons (Fsp3) is 0.267. The number of amides is 1. The monoisotopic (exact) mass is 333 g/mol. The van der Waals surface area contributed by atoms with Gasteiger partial charge in [0, 0.05) is 10.2 Å². The van der Waals surface area contributed by atoms with Crippen LogP contribution in [-0.4, -0.2) is 16.1 Å². The van der Waals surface area contributed by atoms with Gasteiger partial charge < -0.3 is 5.32 Å². The molecule has 0 aliphatic rings. The number of benzene rings is 1. The van der Waals surface area contributed by atoms with Gasteiger partial charge in [0.25, 0.3) is 5.91 Å². The van der Waals surface area contributed by atoms with Gasteiger partial charge in [-0.2, -0.15) is 10.2 Å². The first-order chi connectivity index (χ1) is 9.49. The first-order valence-electron chi connectivity index (χ1n) is 6.41. The number of hydrogen-bond acceptors (Lipinski definition) is 3. The number of nitrogens with one attached hydrogen (secondary N) is 1. The molecule has 5 heteroatoms. The van der Waals surface area contributed by atoms with Crippen molar-refractivity contribution in [2.45, 2.75) is 27.2 Å². The lowest BCUT2D eigenvalue weighted by Gasteiger charge is -2.09. The van der Waals surface area contributed by atoms with Crippen LogP contribution in [0.25, 0.3) is 0 Å². The molecule has 1 amide bonds. The molecule has 1 aromatic heterocycles. The van der Waals surface area contributed by atoms with Gasteiger partial charge >= 0.3 is 0 Å². The van der Waals surface area contributed by atoms with E-state index in [0.717, 1.165) is 21.4 Å². The average Bonchev–Trinajstić information content (AvgIpc) is 2.37. The van der Waals surface area contributed by atoms with E-state index in [-0.39, 0.29) is 5.91 Å². The minimum atomic E-state index is -0.155. The van der Waals surface area contributed by atoms with Crippen molar-refractivity contribution < 1.29 is 4.79 Å². The lowest BCUT2D eigenvalue weighted by atomic mass is 10.1. The Bertz CT molecular complexity index is 635. The summed E-state index contributed by atoms with van der Waals surface area (Å²) < 4.78 is 0.938. The van der Waals surface area contributed by atoms with E-state index < -0.39 is 0 Å². The highest BCUT2D eigenvalue weighted by atomic mass is 79.9. The molecule has 0 unspecified atom stereocenters. The zero-order valence-corrected chi connectivity index (χ0v) is 13.3. The van der Waals surface area contributed by atoms with Crippen molar-refractivity contribution in [1.82, 2.24) is 10.2 Å². The van der Waals surface area contributed by atoms with E-state index in [9.17, 15) is 4.79 Å². The number of rotatable bonds is 3. The van der Waals surface area contributed by atoms with E-state index in [2.05, 4.69) is 31.4 Å². The second kappa shape index (κ2) is 6.13. The number of hydrogen-bond donors (Lipinski definition) is 1. The van der Waals surface area contributed by atoms with E-state index >= 15 is 0 Å². The molecule has 1 heterocycles. The Balaban J connectivity index is 2.30. The largest absolute Gasteiger partial charge is 0.322 e. The van der Waals surface area contributed by atoms with Crippen LogP contribution in [0, 0.1) is 13.8 Å². The van der Waals surface area contributed by atoms with Crippen molar-refractivity contribution in [3.05, 3.63) is 51.3 Å². The highest BCUT2D eigenvalue weighted by Crippen LogP contribution is 2.20. The van der Waals surface area contributed by atoms with Crippen LogP contribution in [0.2, 0.25) is 0 Å². The summed E-state index contributed by atoms with van der Waals surface area (Å²) in [6, 6.07) is 7.56. The number of nitrogens with zero attached hydrogens (tertiary/aromatic N) is 2. The third-order valence-electron chi connectivity index (χ3n) is 2.87. The fourth-order valence-electron chi connectivity index (χ4n) is 1.98. The predicted molar refractivity (Wildman–Crippen MR) is 83.0 cm³/mol. The van der Waals surface area contributed by atoms with Gasteiger partial charge in [-0.1, -0.05) is 22.9 Å². The van der Waals surface area contributed by atoms with E-state index in [1.807, 2.05) is 39.0 Å². The minimum Gasteiger partial charge on any atom is -0.322 e. The summed E-state index contributed by atoms with van der Waals surface area (Å²) >= 11 is 3.43. The first kappa shape index (κ1) is 14.7. The smallest absolute Gasteiger partial charge is 0.257 e. The van der Waals surface area contributed by atoms with E-state index in [4.69, 9.17) is 0 Å². The quantitative estimate of drug-likeness (QED) is 0.932. The molecule has 0 aliphatic carbocycles. The van der Waals surface area contributed by atoms with Gasteiger partial charge in [-0.3, -0.25) is 4.79 Å². The topological polar surface area (TPSA) is 54.9 Å². The van der Waals surface area contributed by atoms with Crippen molar-refractivity contribution in [2.75, 3.05) is 5.32 Å². The van der Waals surface area contributed by atoms with Gasteiger partial charge in [-0.05, 0) is 50.1 Å². The Morgan fingerprint density at radius 1 is 1.20 bits per heavy atom. The molecule has 1 N–H and O–H groups in total. The normalized spacial score (nSPS) is 10.4. The van der Waals surface area contributed by atoms with Crippen LogP contribution in [0.1, 0.15) is 34.2 Å². The minimum absolute atomic E-state index is 0.155. The maximum Gasteiger partial charge on any atom is 0.257 e. The molecule has 0 atom stereocenters. The molecule has 0 saturated carbocycles. The van der Waals surface area contributed by atoms with Gasteiger partial charge in [0.05, 0.1) is 17.0 Å². The highest BCUT2D eigenvalue weighted by Gasteiger charge is 2.13. The number of aromatic nitrogens is 2. The summed E-state index contributed by atoms with van der Waals surface area (Å²) in [6.07, 6.45) is 0.674. The summed E-state index contributed by atoms with van der Waals surface area (Å²) in [5.74, 6) is -0.155. The number of aryl methyl sites for hydroxylation is 3. The standard InChI is InChI=1S/C15H16BrN3O/c1-4-14-13(7-10(3)18-19-14)15(20)17-12-6-9(2)5-11(16)8-12/h5-8H,4H2,1-3H3,(H,17,20). The zero-order chi connectivity index (χ0) is 14.7. The Kier molecular flexibility index (Phi) is 4.49. The summed E-state index contributed by atoms with van der Waals surface area (Å²) in [6.45, 7) is 5.77. The molecule has 4 nitrogen and oxygen atoms in total. The molecule has 0 fully saturated rings. The van der Waals surface area contributed by atoms with Gasteiger partial charge in [0.2, 0.25) is 0 Å². The second-order valence-electron chi connectivity index (χ2n) is 4.67. The number of carbonyl (C=O) groups is 1. The van der Waals surface area contributed by atoms with Crippen molar-refractivity contribution in [2.24, 2.45) is 0 Å². The first-order valence-corrected chi connectivity index (χ1v) is 7.20. The lowest BCUT2D eigenvalue weighted by molar-refractivity contribution is 0.102. The van der Waals surface area contributed by atoms with E-state index in [1.165, 1.54) is 0 Å². The summed E-state index contributed by atoms with van der Waals surface area (Å²) in [4.78, 5) is 12.4. The summed E-state index contributed by atoms with van der Waals surface area (Å²) in [5, 5.41) is 11.0. The molecule has 104 valence electrons. The van der Waals surface area contributed by atoms with Crippen LogP contribution in [0.5, 0.6) is 0 Å². The molecule has 0 aliphatic heterocycles. The number of halogens is 1. The van der Waals surface area contributed by atoms with Crippen LogP contribution in [0.4, 0.5) is 5.69 Å². The Morgan fingerprint density at radius 2 is 1.95 bits per heavy atom. The molecule has 2 rings (SSSR count). The van der Waals surface area contributed by atoms with E-state index in [0.29, 0.717) is 17.7 Å². The van der Waals surface area contributed by atoms with Gasteiger partial charge in [0.1, 0.15) is 0 Å². The molecule has 2 aromatic rings. The zero-order valence-electron chi connectivity index (χ0n) is 11.7. The van der Waals surface area contributed by atoms with Crippen molar-refractivity contribution in [3.8, 4) is 0 Å². The van der Waals surface area contributed by atoms with Crippen LogP contribution >= 0.6 is 15.9 Å². The third kappa shape index (κ3) is 3.42. The van der Waals surface area contributed by atoms with Gasteiger partial charge in [-0.15, -0.1) is 0 Å². The predicted octanol–water partition coefficient (Wildman–Crippen LogP) is 3.67. The highest BCUT2D eigenvalue weighted by molar-refractivity contribution is 9.10. The molecule has 0 saturated heterocycles. The molecule has 0 bridgehead atoms. The Hall–Kier alpha value is -1.75. The molecule has 0 radical (unpaired) electrons. The SMILES string of the molecule is CCc1nnc(C)cc1C(=O)Nc1cc(C)cc(Br)c1. The van der Waals surface area contributed by atoms with Crippen LogP contribution < -0.4 is 5.32 Å². The summed E-state index contributed by atoms with van der Waals surface area (Å²) in [7, 11) is 0. The van der Waals surface area contributed by atoms with Crippen molar-refractivity contribution in [3.63, 3.8) is 0 Å². The lowest BCUT2D eigenvalue weighted by Crippen LogP contribution is -2.16. The van der Waals surface area contributed by atoms with Crippen LogP contribution in [0.3, 0.4) is 0 Å². The maximum atomic E-state index is 12.4. The molecular formula is C15H16BrN3O. The third-order valence-corrected chi connectivity index (χ3v) is 3.33. The van der Waals surface area contributed by atoms with Crippen LogP contribution in [-0.2, 0) is 6.42 Å².